The highest BCUT2D eigenvalue weighted by atomic mass is 32.2. The van der Waals surface area contributed by atoms with Gasteiger partial charge in [0.25, 0.3) is 5.91 Å². The highest BCUT2D eigenvalue weighted by molar-refractivity contribution is 8.00. The van der Waals surface area contributed by atoms with Gasteiger partial charge in [-0.2, -0.15) is 0 Å². The molecule has 2 heterocycles. The summed E-state index contributed by atoms with van der Waals surface area (Å²) < 4.78 is 10.7. The molecule has 2 aromatic carbocycles. The molecule has 0 aromatic heterocycles. The lowest BCUT2D eigenvalue weighted by Gasteiger charge is -2.24. The molecule has 2 aliphatic heterocycles. The predicted octanol–water partition coefficient (Wildman–Crippen LogP) is 2.89. The number of hydrogen-bond donors (Lipinski definition) is 1. The van der Waals surface area contributed by atoms with E-state index in [1.165, 1.54) is 11.8 Å². The van der Waals surface area contributed by atoms with Crippen molar-refractivity contribution >= 4 is 23.6 Å². The van der Waals surface area contributed by atoms with Gasteiger partial charge in [-0.25, -0.2) is 0 Å². The molecule has 0 saturated heterocycles. The second-order valence-corrected chi connectivity index (χ2v) is 6.83. The highest BCUT2D eigenvalue weighted by Crippen LogP contribution is 2.42. The first-order valence-corrected chi connectivity index (χ1v) is 8.80. The molecule has 128 valence electrons. The van der Waals surface area contributed by atoms with Gasteiger partial charge in [0.2, 0.25) is 6.79 Å². The average Bonchev–Trinajstić information content (AvgIpc) is 3.17. The molecule has 0 bridgehead atoms. The zero-order chi connectivity index (χ0) is 17.4. The van der Waals surface area contributed by atoms with Crippen molar-refractivity contribution in [1.29, 1.82) is 0 Å². The summed E-state index contributed by atoms with van der Waals surface area (Å²) in [6, 6.07) is 12.9. The average molecular weight is 357 g/mol. The molecule has 2 aromatic rings. The van der Waals surface area contributed by atoms with Crippen molar-refractivity contribution in [2.24, 2.45) is 0 Å². The number of thioether (sulfide) groups is 1. The lowest BCUT2D eigenvalue weighted by Crippen LogP contribution is -2.26. The number of nitrogens with zero attached hydrogens (tertiary/aromatic N) is 1. The molecule has 6 nitrogen and oxygen atoms in total. The molecule has 1 atom stereocenters. The molecule has 2 aliphatic rings. The maximum absolute atomic E-state index is 12.8. The van der Waals surface area contributed by atoms with Crippen LogP contribution in [-0.4, -0.2) is 34.4 Å². The van der Waals surface area contributed by atoms with Crippen LogP contribution in [0, 0.1) is 0 Å². The Bertz CT molecular complexity index is 853. The number of carboxylic acid groups (broad SMARTS) is 1. The molecule has 4 rings (SSSR count). The highest BCUT2D eigenvalue weighted by Gasteiger charge is 2.37. The van der Waals surface area contributed by atoms with E-state index in [4.69, 9.17) is 14.6 Å². The summed E-state index contributed by atoms with van der Waals surface area (Å²) in [4.78, 5) is 25.5. The third-order valence-corrected chi connectivity index (χ3v) is 5.39. The molecule has 0 aliphatic carbocycles. The van der Waals surface area contributed by atoms with Crippen LogP contribution in [0.15, 0.2) is 42.5 Å². The number of rotatable bonds is 5. The quantitative estimate of drug-likeness (QED) is 0.887. The summed E-state index contributed by atoms with van der Waals surface area (Å²) in [7, 11) is 0. The number of carboxylic acids is 1. The van der Waals surface area contributed by atoms with Crippen molar-refractivity contribution in [3.63, 3.8) is 0 Å². The molecule has 0 radical (unpaired) electrons. The molecule has 1 amide bonds. The van der Waals surface area contributed by atoms with Crippen molar-refractivity contribution in [2.75, 3.05) is 12.5 Å². The number of amides is 1. The first-order valence-electron chi connectivity index (χ1n) is 7.75. The third-order valence-electron chi connectivity index (χ3n) is 4.16. The largest absolute Gasteiger partial charge is 0.481 e. The minimum absolute atomic E-state index is 0.0656. The van der Waals surface area contributed by atoms with Gasteiger partial charge in [0.05, 0.1) is 5.75 Å². The fourth-order valence-corrected chi connectivity index (χ4v) is 4.09. The SMILES string of the molecule is O=C(O)CS[C@@H]1c2ccccc2C(=O)N1Cc1ccc2c(c1)OCO2. The second-order valence-electron chi connectivity index (χ2n) is 5.77. The number of ether oxygens (including phenoxy) is 2. The Labute approximate surface area is 148 Å². The summed E-state index contributed by atoms with van der Waals surface area (Å²) in [5.41, 5.74) is 2.40. The van der Waals surface area contributed by atoms with Crippen molar-refractivity contribution in [1.82, 2.24) is 4.90 Å². The number of benzene rings is 2. The Balaban J connectivity index is 1.62. The summed E-state index contributed by atoms with van der Waals surface area (Å²) in [5, 5.41) is 8.70. The lowest BCUT2D eigenvalue weighted by atomic mass is 10.1. The molecule has 0 fully saturated rings. The minimum Gasteiger partial charge on any atom is -0.481 e. The van der Waals surface area contributed by atoms with Crippen LogP contribution in [0.4, 0.5) is 0 Å². The van der Waals surface area contributed by atoms with E-state index in [-0.39, 0.29) is 23.8 Å². The number of hydrogen-bond acceptors (Lipinski definition) is 5. The van der Waals surface area contributed by atoms with Gasteiger partial charge in [-0.1, -0.05) is 24.3 Å². The molecule has 0 saturated carbocycles. The second kappa shape index (κ2) is 6.33. The van der Waals surface area contributed by atoms with E-state index in [2.05, 4.69) is 0 Å². The Kier molecular flexibility index (Phi) is 4.01. The van der Waals surface area contributed by atoms with E-state index in [0.717, 1.165) is 11.1 Å². The van der Waals surface area contributed by atoms with E-state index in [1.807, 2.05) is 36.4 Å². The normalized spacial score (nSPS) is 17.7. The van der Waals surface area contributed by atoms with Crippen molar-refractivity contribution in [3.8, 4) is 11.5 Å². The molecular formula is C18H15NO5S. The minimum atomic E-state index is -0.898. The first kappa shape index (κ1) is 15.8. The Morgan fingerprint density at radius 3 is 2.84 bits per heavy atom. The fourth-order valence-electron chi connectivity index (χ4n) is 3.06. The number of carbonyl (C=O) groups is 2. The summed E-state index contributed by atoms with van der Waals surface area (Å²) in [5.74, 6) is 0.304. The topological polar surface area (TPSA) is 76.1 Å². The van der Waals surface area contributed by atoms with E-state index < -0.39 is 5.97 Å². The van der Waals surface area contributed by atoms with Crippen LogP contribution in [-0.2, 0) is 11.3 Å². The van der Waals surface area contributed by atoms with E-state index >= 15 is 0 Å². The van der Waals surface area contributed by atoms with Gasteiger partial charge in [-0.15, -0.1) is 11.8 Å². The Morgan fingerprint density at radius 1 is 1.20 bits per heavy atom. The maximum atomic E-state index is 12.8. The third kappa shape index (κ3) is 2.91. The van der Waals surface area contributed by atoms with Crippen LogP contribution in [0.3, 0.4) is 0 Å². The Morgan fingerprint density at radius 2 is 2.00 bits per heavy atom. The number of aliphatic carboxylic acids is 1. The van der Waals surface area contributed by atoms with Crippen molar-refractivity contribution in [2.45, 2.75) is 11.9 Å². The van der Waals surface area contributed by atoms with E-state index in [9.17, 15) is 9.59 Å². The predicted molar refractivity (Wildman–Crippen MR) is 91.7 cm³/mol. The van der Waals surface area contributed by atoms with Gasteiger partial charge in [0.15, 0.2) is 11.5 Å². The van der Waals surface area contributed by atoms with E-state index in [1.54, 1.807) is 11.0 Å². The van der Waals surface area contributed by atoms with Crippen molar-refractivity contribution in [3.05, 3.63) is 59.2 Å². The van der Waals surface area contributed by atoms with Gasteiger partial charge in [-0.3, -0.25) is 9.59 Å². The van der Waals surface area contributed by atoms with Gasteiger partial charge in [0.1, 0.15) is 5.37 Å². The number of carbonyl (C=O) groups excluding carboxylic acids is 1. The van der Waals surface area contributed by atoms with Gasteiger partial charge >= 0.3 is 5.97 Å². The summed E-state index contributed by atoms with van der Waals surface area (Å²) >= 11 is 1.24. The fraction of sp³-hybridized carbons (Fsp3) is 0.222. The van der Waals surface area contributed by atoms with Crippen molar-refractivity contribution < 1.29 is 24.2 Å². The van der Waals surface area contributed by atoms with Crippen LogP contribution in [0.1, 0.15) is 26.9 Å². The van der Waals surface area contributed by atoms with Gasteiger partial charge in [-0.05, 0) is 29.3 Å². The molecule has 0 spiro atoms. The van der Waals surface area contributed by atoms with Crippen LogP contribution in [0.5, 0.6) is 11.5 Å². The molecular weight excluding hydrogens is 342 g/mol. The van der Waals surface area contributed by atoms with Gasteiger partial charge in [0, 0.05) is 12.1 Å². The smallest absolute Gasteiger partial charge is 0.313 e. The monoisotopic (exact) mass is 357 g/mol. The van der Waals surface area contributed by atoms with Crippen LogP contribution >= 0.6 is 11.8 Å². The van der Waals surface area contributed by atoms with Crippen LogP contribution in [0.25, 0.3) is 0 Å². The van der Waals surface area contributed by atoms with Crippen LogP contribution in [0.2, 0.25) is 0 Å². The summed E-state index contributed by atoms with van der Waals surface area (Å²) in [6.07, 6.45) is 0. The Hall–Kier alpha value is -2.67. The molecule has 1 N–H and O–H groups in total. The number of fused-ring (bicyclic) bond motifs is 2. The molecule has 25 heavy (non-hydrogen) atoms. The standard InChI is InChI=1S/C18H15NO5S/c20-16(21)9-25-18-13-4-2-1-3-12(13)17(22)19(18)8-11-5-6-14-15(7-11)24-10-23-14/h1-7,18H,8-10H2,(H,20,21)/t18-/m1/s1. The van der Waals surface area contributed by atoms with Crippen LogP contribution < -0.4 is 9.47 Å². The van der Waals surface area contributed by atoms with E-state index in [0.29, 0.717) is 23.6 Å². The first-order chi connectivity index (χ1) is 12.1. The molecule has 7 heteroatoms. The zero-order valence-electron chi connectivity index (χ0n) is 13.2. The summed E-state index contributed by atoms with van der Waals surface area (Å²) in [6.45, 7) is 0.575. The molecule has 0 unspecified atom stereocenters. The zero-order valence-corrected chi connectivity index (χ0v) is 14.0. The maximum Gasteiger partial charge on any atom is 0.313 e. The van der Waals surface area contributed by atoms with Gasteiger partial charge < -0.3 is 19.5 Å². The lowest BCUT2D eigenvalue weighted by molar-refractivity contribution is -0.133.